The van der Waals surface area contributed by atoms with E-state index in [9.17, 15) is 34.2 Å². The van der Waals surface area contributed by atoms with E-state index in [0.717, 1.165) is 6.92 Å². The number of aliphatic hydroxyl groups is 3. The number of hydrogen-bond acceptors (Lipinski definition) is 9. The zero-order valence-corrected chi connectivity index (χ0v) is 15.9. The molecule has 0 aliphatic carbocycles. The molecule has 14 nitrogen and oxygen atoms in total. The van der Waals surface area contributed by atoms with Gasteiger partial charge in [0, 0.05) is 0 Å². The van der Waals surface area contributed by atoms with Gasteiger partial charge in [0.25, 0.3) is 0 Å². The first-order valence-electron chi connectivity index (χ1n) is 8.46. The van der Waals surface area contributed by atoms with E-state index < -0.39 is 79.0 Å². The summed E-state index contributed by atoms with van der Waals surface area (Å²) >= 11 is 0. The molecule has 0 aliphatic rings. The zero-order valence-electron chi connectivity index (χ0n) is 15.9. The Bertz CT molecular complexity index is 625. The summed E-state index contributed by atoms with van der Waals surface area (Å²) in [6.45, 7) is 1.39. The minimum atomic E-state index is -1.69. The second-order valence-electron chi connectivity index (χ2n) is 6.31. The van der Waals surface area contributed by atoms with Crippen molar-refractivity contribution < 1.29 is 44.4 Å². The maximum atomic E-state index is 12.4. The molecule has 14 heteroatoms. The van der Waals surface area contributed by atoms with Gasteiger partial charge >= 0.3 is 5.97 Å². The van der Waals surface area contributed by atoms with Gasteiger partial charge in [-0.2, -0.15) is 0 Å². The van der Waals surface area contributed by atoms with Crippen molar-refractivity contribution in [1.29, 1.82) is 0 Å². The first kappa shape index (κ1) is 26.2. The topological polar surface area (TPSA) is 254 Å². The van der Waals surface area contributed by atoms with Crippen molar-refractivity contribution in [2.45, 2.75) is 56.6 Å². The van der Waals surface area contributed by atoms with Crippen LogP contribution in [0.15, 0.2) is 0 Å². The van der Waals surface area contributed by atoms with Gasteiger partial charge in [0.1, 0.15) is 24.2 Å². The SMILES string of the molecule is CC(O)C(N)C(=O)NC(CC(N)=O)C(=O)NC(C(=O)NC(CO)C(=O)O)C(C)O. The first-order chi connectivity index (χ1) is 13.3. The molecule has 0 fully saturated rings. The molecule has 0 aromatic heterocycles. The number of nitrogens with one attached hydrogen (secondary N) is 3. The molecule has 0 bridgehead atoms. The third kappa shape index (κ3) is 8.82. The number of carbonyl (C=O) groups excluding carboxylic acids is 4. The van der Waals surface area contributed by atoms with Crippen LogP contribution in [0.3, 0.4) is 0 Å². The molecule has 0 aromatic carbocycles. The van der Waals surface area contributed by atoms with Crippen LogP contribution in [0, 0.1) is 0 Å². The van der Waals surface area contributed by atoms with Crippen LogP contribution in [0.5, 0.6) is 0 Å². The predicted molar refractivity (Wildman–Crippen MR) is 95.7 cm³/mol. The number of nitrogens with two attached hydrogens (primary N) is 2. The minimum absolute atomic E-state index is 0.688. The van der Waals surface area contributed by atoms with Crippen LogP contribution >= 0.6 is 0 Å². The van der Waals surface area contributed by atoms with E-state index in [1.54, 1.807) is 0 Å². The fraction of sp³-hybridized carbons (Fsp3) is 0.667. The van der Waals surface area contributed by atoms with Crippen LogP contribution in [0.25, 0.3) is 0 Å². The van der Waals surface area contributed by atoms with Gasteiger partial charge in [-0.25, -0.2) is 4.79 Å². The van der Waals surface area contributed by atoms with Crippen LogP contribution in [0.2, 0.25) is 0 Å². The van der Waals surface area contributed by atoms with Crippen LogP contribution in [0.4, 0.5) is 0 Å². The number of hydrogen-bond donors (Lipinski definition) is 9. The van der Waals surface area contributed by atoms with Crippen molar-refractivity contribution in [3.63, 3.8) is 0 Å². The molecule has 0 aromatic rings. The number of rotatable bonds is 12. The van der Waals surface area contributed by atoms with Crippen molar-refractivity contribution in [3.8, 4) is 0 Å². The van der Waals surface area contributed by atoms with E-state index in [1.807, 2.05) is 5.32 Å². The molecule has 0 rings (SSSR count). The molecular weight excluding hydrogens is 394 g/mol. The molecule has 29 heavy (non-hydrogen) atoms. The monoisotopic (exact) mass is 421 g/mol. The number of carboxylic acid groups (broad SMARTS) is 1. The second kappa shape index (κ2) is 11.9. The highest BCUT2D eigenvalue weighted by molar-refractivity contribution is 5.96. The highest BCUT2D eigenvalue weighted by Crippen LogP contribution is 2.01. The van der Waals surface area contributed by atoms with E-state index in [-0.39, 0.29) is 0 Å². The Morgan fingerprint density at radius 1 is 0.862 bits per heavy atom. The van der Waals surface area contributed by atoms with Crippen LogP contribution in [-0.2, 0) is 24.0 Å². The number of aliphatic carboxylic acids is 1. The lowest BCUT2D eigenvalue weighted by atomic mass is 10.1. The van der Waals surface area contributed by atoms with E-state index in [2.05, 4.69) is 10.6 Å². The molecular formula is C15H27N5O9. The predicted octanol–water partition coefficient (Wildman–Crippen LogP) is -5.52. The lowest BCUT2D eigenvalue weighted by Crippen LogP contribution is -2.61. The Kier molecular flexibility index (Phi) is 10.7. The lowest BCUT2D eigenvalue weighted by Gasteiger charge is -2.26. The summed E-state index contributed by atoms with van der Waals surface area (Å²) in [4.78, 5) is 58.6. The highest BCUT2D eigenvalue weighted by Gasteiger charge is 2.33. The number of primary amides is 1. The van der Waals surface area contributed by atoms with Gasteiger partial charge in [0.2, 0.25) is 23.6 Å². The maximum Gasteiger partial charge on any atom is 0.328 e. The molecule has 0 saturated heterocycles. The third-order valence-electron chi connectivity index (χ3n) is 3.72. The number of carboxylic acids is 1. The molecule has 0 heterocycles. The molecule has 4 amide bonds. The fourth-order valence-electron chi connectivity index (χ4n) is 2.00. The van der Waals surface area contributed by atoms with Crippen molar-refractivity contribution in [1.82, 2.24) is 16.0 Å². The summed E-state index contributed by atoms with van der Waals surface area (Å²) in [7, 11) is 0. The smallest absolute Gasteiger partial charge is 0.328 e. The summed E-state index contributed by atoms with van der Waals surface area (Å²) in [5, 5.41) is 43.0. The number of amides is 4. The van der Waals surface area contributed by atoms with Gasteiger partial charge < -0.3 is 47.8 Å². The average molecular weight is 421 g/mol. The minimum Gasteiger partial charge on any atom is -0.480 e. The number of carbonyl (C=O) groups is 5. The lowest BCUT2D eigenvalue weighted by molar-refractivity contribution is -0.144. The van der Waals surface area contributed by atoms with E-state index in [1.165, 1.54) is 6.92 Å². The maximum absolute atomic E-state index is 12.4. The van der Waals surface area contributed by atoms with E-state index in [0.29, 0.717) is 0 Å². The molecule has 11 N–H and O–H groups in total. The van der Waals surface area contributed by atoms with Crippen molar-refractivity contribution in [2.24, 2.45) is 11.5 Å². The summed E-state index contributed by atoms with van der Waals surface area (Å²) in [6.07, 6.45) is -3.47. The molecule has 0 aliphatic heterocycles. The largest absolute Gasteiger partial charge is 0.480 e. The van der Waals surface area contributed by atoms with Crippen LogP contribution in [0.1, 0.15) is 20.3 Å². The first-order valence-corrected chi connectivity index (χ1v) is 8.46. The Morgan fingerprint density at radius 2 is 1.38 bits per heavy atom. The van der Waals surface area contributed by atoms with E-state index in [4.69, 9.17) is 21.7 Å². The Balaban J connectivity index is 5.38. The molecule has 0 radical (unpaired) electrons. The Morgan fingerprint density at radius 3 is 1.76 bits per heavy atom. The van der Waals surface area contributed by atoms with Gasteiger partial charge in [-0.3, -0.25) is 19.2 Å². The molecule has 6 unspecified atom stereocenters. The van der Waals surface area contributed by atoms with E-state index >= 15 is 0 Å². The van der Waals surface area contributed by atoms with Gasteiger partial charge in [0.05, 0.1) is 25.2 Å². The molecule has 0 saturated carbocycles. The number of aliphatic hydroxyl groups excluding tert-OH is 3. The third-order valence-corrected chi connectivity index (χ3v) is 3.72. The average Bonchev–Trinajstić information content (AvgIpc) is 2.61. The summed E-state index contributed by atoms with van der Waals surface area (Å²) in [5.41, 5.74) is 10.5. The normalized spacial score (nSPS) is 17.0. The summed E-state index contributed by atoms with van der Waals surface area (Å²) in [6, 6.07) is -6.39. The second-order valence-corrected chi connectivity index (χ2v) is 6.31. The summed E-state index contributed by atoms with van der Waals surface area (Å²) < 4.78 is 0. The summed E-state index contributed by atoms with van der Waals surface area (Å²) in [5.74, 6) is -5.76. The van der Waals surface area contributed by atoms with Crippen LogP contribution < -0.4 is 27.4 Å². The zero-order chi connectivity index (χ0) is 22.9. The Hall–Kier alpha value is -2.81. The highest BCUT2D eigenvalue weighted by atomic mass is 16.4. The molecule has 0 spiro atoms. The van der Waals surface area contributed by atoms with Gasteiger partial charge in [-0.1, -0.05) is 0 Å². The fourth-order valence-corrected chi connectivity index (χ4v) is 2.00. The molecule has 166 valence electrons. The van der Waals surface area contributed by atoms with Crippen LogP contribution in [-0.4, -0.2) is 93.0 Å². The molecule has 6 atom stereocenters. The Labute approximate surface area is 165 Å². The van der Waals surface area contributed by atoms with Gasteiger partial charge in [-0.05, 0) is 13.8 Å². The van der Waals surface area contributed by atoms with Crippen molar-refractivity contribution in [2.75, 3.05) is 6.61 Å². The van der Waals surface area contributed by atoms with Crippen molar-refractivity contribution >= 4 is 29.6 Å². The quantitative estimate of drug-likeness (QED) is 0.144. The van der Waals surface area contributed by atoms with Gasteiger partial charge in [0.15, 0.2) is 0 Å². The van der Waals surface area contributed by atoms with Crippen molar-refractivity contribution in [3.05, 3.63) is 0 Å². The van der Waals surface area contributed by atoms with Gasteiger partial charge in [-0.15, -0.1) is 0 Å². The standard InChI is InChI=1S/C15H27N5O9/c1-5(22)10(17)13(26)18-7(3-9(16)24)12(25)20-11(6(2)23)14(27)19-8(4-21)15(28)29/h5-8,10-11,21-23H,3-4,17H2,1-2H3,(H2,16,24)(H,18,26)(H,19,27)(H,20,25)(H,28,29).